The van der Waals surface area contributed by atoms with Gasteiger partial charge in [-0.3, -0.25) is 4.79 Å². The Morgan fingerprint density at radius 2 is 1.76 bits per heavy atom. The van der Waals surface area contributed by atoms with Crippen molar-refractivity contribution in [2.75, 3.05) is 31.1 Å². The number of carbonyl (C=O) groups is 1. The van der Waals surface area contributed by atoms with Gasteiger partial charge in [0.05, 0.1) is 28.7 Å². The van der Waals surface area contributed by atoms with Crippen LogP contribution in [0.5, 0.6) is 0 Å². The van der Waals surface area contributed by atoms with Crippen molar-refractivity contribution in [1.82, 2.24) is 19.7 Å². The molecule has 3 aromatic rings. The summed E-state index contributed by atoms with van der Waals surface area (Å²) >= 11 is 0. The van der Waals surface area contributed by atoms with Crippen LogP contribution in [0.4, 0.5) is 19.0 Å². The summed E-state index contributed by atoms with van der Waals surface area (Å²) in [6, 6.07) is 10.4. The largest absolute Gasteiger partial charge is 0.417 e. The van der Waals surface area contributed by atoms with Crippen LogP contribution in [0.1, 0.15) is 40.5 Å². The highest BCUT2D eigenvalue weighted by Gasteiger charge is 2.31. The molecule has 0 unspecified atom stereocenters. The highest BCUT2D eigenvalue weighted by Crippen LogP contribution is 2.29. The number of carbonyl (C=O) groups excluding carboxylic acids is 1. The van der Waals surface area contributed by atoms with E-state index in [9.17, 15) is 18.0 Å². The fraction of sp³-hybridized carbons (Fsp3) is 0.375. The van der Waals surface area contributed by atoms with Gasteiger partial charge in [0.2, 0.25) is 0 Å². The Kier molecular flexibility index (Phi) is 6.40. The minimum atomic E-state index is -4.41. The molecule has 0 N–H and O–H groups in total. The Labute approximate surface area is 190 Å². The first-order chi connectivity index (χ1) is 15.8. The number of anilines is 1. The molecule has 6 nitrogen and oxygen atoms in total. The lowest BCUT2D eigenvalue weighted by atomic mass is 10.1. The van der Waals surface area contributed by atoms with Gasteiger partial charge in [-0.05, 0) is 44.0 Å². The van der Waals surface area contributed by atoms with Gasteiger partial charge in [0.25, 0.3) is 5.91 Å². The monoisotopic (exact) mass is 457 g/mol. The molecule has 4 rings (SSSR count). The highest BCUT2D eigenvalue weighted by molar-refractivity contribution is 5.95. The van der Waals surface area contributed by atoms with Gasteiger partial charge in [-0.2, -0.15) is 18.3 Å². The van der Waals surface area contributed by atoms with Crippen molar-refractivity contribution in [3.63, 3.8) is 0 Å². The summed E-state index contributed by atoms with van der Waals surface area (Å²) in [7, 11) is 0. The number of aryl methyl sites for hydroxylation is 1. The van der Waals surface area contributed by atoms with Crippen molar-refractivity contribution >= 4 is 11.7 Å². The van der Waals surface area contributed by atoms with Crippen molar-refractivity contribution in [2.24, 2.45) is 0 Å². The van der Waals surface area contributed by atoms with Crippen LogP contribution in [0.25, 0.3) is 5.69 Å². The molecule has 2 aromatic heterocycles. The number of nitrogens with zero attached hydrogens (tertiary/aromatic N) is 5. The summed E-state index contributed by atoms with van der Waals surface area (Å²) in [5.74, 6) is 0.408. The summed E-state index contributed by atoms with van der Waals surface area (Å²) in [6.45, 7) is 6.16. The molecule has 1 aromatic carbocycles. The smallest absolute Gasteiger partial charge is 0.355 e. The zero-order valence-corrected chi connectivity index (χ0v) is 18.6. The predicted molar refractivity (Wildman–Crippen MR) is 120 cm³/mol. The zero-order chi connectivity index (χ0) is 23.6. The van der Waals surface area contributed by atoms with Crippen molar-refractivity contribution in [3.8, 4) is 5.69 Å². The van der Waals surface area contributed by atoms with E-state index in [0.717, 1.165) is 29.2 Å². The number of hydrogen-bond acceptors (Lipinski definition) is 4. The maximum atomic E-state index is 13.3. The molecule has 1 amide bonds. The Hall–Kier alpha value is -3.36. The van der Waals surface area contributed by atoms with E-state index in [1.807, 2.05) is 47.7 Å². The molecule has 1 aliphatic heterocycles. The predicted octanol–water partition coefficient (Wildman–Crippen LogP) is 4.51. The van der Waals surface area contributed by atoms with E-state index in [1.54, 1.807) is 11.1 Å². The summed E-state index contributed by atoms with van der Waals surface area (Å²) < 4.78 is 40.2. The second kappa shape index (κ2) is 9.25. The SMILES string of the molecule is CCc1c(C(=O)N2CCCN(c3ccc(C(F)(F)F)cn3)CC2)cnn1-c1ccc(C)cc1. The number of amides is 1. The fourth-order valence-electron chi connectivity index (χ4n) is 4.06. The van der Waals surface area contributed by atoms with E-state index < -0.39 is 11.7 Å². The van der Waals surface area contributed by atoms with Crippen molar-refractivity contribution in [2.45, 2.75) is 32.9 Å². The maximum absolute atomic E-state index is 13.3. The van der Waals surface area contributed by atoms with Crippen LogP contribution >= 0.6 is 0 Å². The van der Waals surface area contributed by atoms with Crippen LogP contribution in [-0.2, 0) is 12.6 Å². The topological polar surface area (TPSA) is 54.3 Å². The van der Waals surface area contributed by atoms with Gasteiger partial charge >= 0.3 is 6.18 Å². The lowest BCUT2D eigenvalue weighted by molar-refractivity contribution is -0.137. The van der Waals surface area contributed by atoms with E-state index in [0.29, 0.717) is 50.4 Å². The third kappa shape index (κ3) is 4.86. The Morgan fingerprint density at radius 3 is 2.39 bits per heavy atom. The van der Waals surface area contributed by atoms with Gasteiger partial charge in [0, 0.05) is 32.4 Å². The first-order valence-electron chi connectivity index (χ1n) is 11.0. The quantitative estimate of drug-likeness (QED) is 0.579. The van der Waals surface area contributed by atoms with Gasteiger partial charge in [0.15, 0.2) is 0 Å². The minimum Gasteiger partial charge on any atom is -0.355 e. The Bertz CT molecular complexity index is 1110. The van der Waals surface area contributed by atoms with Gasteiger partial charge in [-0.1, -0.05) is 24.6 Å². The van der Waals surface area contributed by atoms with Crippen molar-refractivity contribution in [3.05, 3.63) is 71.2 Å². The number of aromatic nitrogens is 3. The van der Waals surface area contributed by atoms with Crippen LogP contribution in [0, 0.1) is 6.92 Å². The molecule has 3 heterocycles. The Morgan fingerprint density at radius 1 is 1.00 bits per heavy atom. The second-order valence-corrected chi connectivity index (χ2v) is 8.14. The van der Waals surface area contributed by atoms with E-state index in [-0.39, 0.29) is 5.91 Å². The lowest BCUT2D eigenvalue weighted by Gasteiger charge is -2.23. The van der Waals surface area contributed by atoms with Gasteiger partial charge in [-0.25, -0.2) is 9.67 Å². The zero-order valence-electron chi connectivity index (χ0n) is 18.6. The average molecular weight is 458 g/mol. The number of halogens is 3. The molecular weight excluding hydrogens is 431 g/mol. The van der Waals surface area contributed by atoms with Crippen LogP contribution in [-0.4, -0.2) is 51.8 Å². The van der Waals surface area contributed by atoms with Crippen molar-refractivity contribution in [1.29, 1.82) is 0 Å². The minimum absolute atomic E-state index is 0.0764. The van der Waals surface area contributed by atoms with Crippen LogP contribution in [0.3, 0.4) is 0 Å². The summed E-state index contributed by atoms with van der Waals surface area (Å²) in [4.78, 5) is 21.1. The summed E-state index contributed by atoms with van der Waals surface area (Å²) in [5, 5.41) is 4.47. The third-order valence-corrected chi connectivity index (χ3v) is 5.90. The first-order valence-corrected chi connectivity index (χ1v) is 11.0. The van der Waals surface area contributed by atoms with E-state index in [4.69, 9.17) is 0 Å². The highest BCUT2D eigenvalue weighted by atomic mass is 19.4. The molecule has 0 spiro atoms. The average Bonchev–Trinajstić information content (AvgIpc) is 3.07. The first kappa shape index (κ1) is 22.8. The van der Waals surface area contributed by atoms with Crippen molar-refractivity contribution < 1.29 is 18.0 Å². The van der Waals surface area contributed by atoms with Gasteiger partial charge in [-0.15, -0.1) is 0 Å². The lowest BCUT2D eigenvalue weighted by Crippen LogP contribution is -2.35. The van der Waals surface area contributed by atoms with Gasteiger partial charge < -0.3 is 9.80 Å². The maximum Gasteiger partial charge on any atom is 0.417 e. The summed E-state index contributed by atoms with van der Waals surface area (Å²) in [5.41, 5.74) is 2.73. The van der Waals surface area contributed by atoms with Gasteiger partial charge in [0.1, 0.15) is 5.82 Å². The number of hydrogen-bond donors (Lipinski definition) is 0. The number of pyridine rings is 1. The molecule has 0 radical (unpaired) electrons. The number of rotatable bonds is 4. The van der Waals surface area contributed by atoms with E-state index in [2.05, 4.69) is 10.1 Å². The molecule has 1 fully saturated rings. The normalized spacial score (nSPS) is 14.9. The van der Waals surface area contributed by atoms with E-state index in [1.165, 1.54) is 6.07 Å². The molecule has 0 atom stereocenters. The Balaban J connectivity index is 1.48. The molecule has 1 aliphatic rings. The molecule has 0 bridgehead atoms. The molecule has 174 valence electrons. The molecular formula is C24H26F3N5O. The second-order valence-electron chi connectivity index (χ2n) is 8.14. The van der Waals surface area contributed by atoms with Crippen LogP contribution < -0.4 is 4.90 Å². The molecule has 1 saturated heterocycles. The molecule has 0 saturated carbocycles. The molecule has 33 heavy (non-hydrogen) atoms. The van der Waals surface area contributed by atoms with Crippen LogP contribution in [0.15, 0.2) is 48.8 Å². The third-order valence-electron chi connectivity index (χ3n) is 5.90. The van der Waals surface area contributed by atoms with Crippen LogP contribution in [0.2, 0.25) is 0 Å². The molecule has 9 heteroatoms. The van der Waals surface area contributed by atoms with E-state index >= 15 is 0 Å². The number of alkyl halides is 3. The molecule has 0 aliphatic carbocycles. The standard InChI is InChI=1S/C24H26F3N5O/c1-3-21-20(16-29-32(21)19-8-5-17(2)6-9-19)23(33)31-12-4-11-30(13-14-31)22-10-7-18(15-28-22)24(25,26)27/h5-10,15-16H,3-4,11-14H2,1-2H3. The summed E-state index contributed by atoms with van der Waals surface area (Å²) in [6.07, 6.45) is -0.572. The number of benzene rings is 1. The fourth-order valence-corrected chi connectivity index (χ4v) is 4.06.